The van der Waals surface area contributed by atoms with Gasteiger partial charge in [0.25, 0.3) is 0 Å². The van der Waals surface area contributed by atoms with Gasteiger partial charge in [0, 0.05) is 23.0 Å². The van der Waals surface area contributed by atoms with Crippen LogP contribution in [-0.2, 0) is 6.54 Å². The second kappa shape index (κ2) is 5.07. The summed E-state index contributed by atoms with van der Waals surface area (Å²) in [6.07, 6.45) is 3.84. The van der Waals surface area contributed by atoms with Gasteiger partial charge in [0.05, 0.1) is 0 Å². The molecule has 1 heterocycles. The van der Waals surface area contributed by atoms with Crippen molar-refractivity contribution in [3.63, 3.8) is 0 Å². The molecular formula is C12H13FN4S. The monoisotopic (exact) mass is 264 g/mol. The molecule has 1 saturated carbocycles. The maximum absolute atomic E-state index is 13.9. The van der Waals surface area contributed by atoms with Gasteiger partial charge in [0.2, 0.25) is 0 Å². The molecule has 0 aliphatic heterocycles. The van der Waals surface area contributed by atoms with Crippen molar-refractivity contribution in [3.05, 3.63) is 35.9 Å². The largest absolute Gasteiger partial charge is 0.310 e. The molecule has 2 aromatic rings. The van der Waals surface area contributed by atoms with E-state index in [1.165, 1.54) is 37.0 Å². The summed E-state index contributed by atoms with van der Waals surface area (Å²) in [4.78, 5) is 4.92. The lowest BCUT2D eigenvalue weighted by molar-refractivity contribution is 0.579. The second-order valence-electron chi connectivity index (χ2n) is 4.26. The quantitative estimate of drug-likeness (QED) is 0.870. The van der Waals surface area contributed by atoms with Crippen LogP contribution in [-0.4, -0.2) is 21.2 Å². The van der Waals surface area contributed by atoms with Crippen molar-refractivity contribution in [2.75, 3.05) is 0 Å². The summed E-state index contributed by atoms with van der Waals surface area (Å²) < 4.78 is 13.9. The summed E-state index contributed by atoms with van der Waals surface area (Å²) in [6, 6.07) is 5.68. The lowest BCUT2D eigenvalue weighted by Crippen LogP contribution is -2.16. The molecule has 1 aliphatic rings. The fourth-order valence-electron chi connectivity index (χ4n) is 1.69. The second-order valence-corrected chi connectivity index (χ2v) is 5.30. The minimum atomic E-state index is -0.173. The van der Waals surface area contributed by atoms with Gasteiger partial charge in [-0.2, -0.15) is 5.10 Å². The Kier molecular flexibility index (Phi) is 3.29. The molecule has 0 radical (unpaired) electrons. The van der Waals surface area contributed by atoms with Crippen molar-refractivity contribution in [1.82, 2.24) is 20.5 Å². The average Bonchev–Trinajstić information content (AvgIpc) is 3.05. The summed E-state index contributed by atoms with van der Waals surface area (Å²) in [5, 5.41) is 10.6. The zero-order valence-electron chi connectivity index (χ0n) is 9.69. The van der Waals surface area contributed by atoms with Crippen LogP contribution in [0, 0.1) is 5.82 Å². The van der Waals surface area contributed by atoms with Gasteiger partial charge in [-0.05, 0) is 36.7 Å². The highest BCUT2D eigenvalue weighted by molar-refractivity contribution is 7.99. The molecule has 94 valence electrons. The third-order valence-electron chi connectivity index (χ3n) is 2.82. The smallest absolute Gasteiger partial charge is 0.188 e. The molecule has 1 aromatic heterocycles. The van der Waals surface area contributed by atoms with Gasteiger partial charge in [-0.3, -0.25) is 5.10 Å². The Balaban J connectivity index is 1.80. The molecule has 1 aliphatic carbocycles. The van der Waals surface area contributed by atoms with Crippen LogP contribution in [0.2, 0.25) is 0 Å². The highest BCUT2D eigenvalue weighted by atomic mass is 32.2. The van der Waals surface area contributed by atoms with E-state index >= 15 is 0 Å². The lowest BCUT2D eigenvalue weighted by Gasteiger charge is -2.09. The Hall–Kier alpha value is -1.40. The van der Waals surface area contributed by atoms with E-state index in [0.29, 0.717) is 23.3 Å². The van der Waals surface area contributed by atoms with Crippen LogP contribution in [0.25, 0.3) is 0 Å². The number of aromatic amines is 1. The molecule has 1 fully saturated rings. The molecule has 6 heteroatoms. The molecule has 0 unspecified atom stereocenters. The lowest BCUT2D eigenvalue weighted by atomic mass is 10.2. The summed E-state index contributed by atoms with van der Waals surface area (Å²) in [6.45, 7) is 0.563. The summed E-state index contributed by atoms with van der Waals surface area (Å²) in [7, 11) is 0. The third-order valence-corrected chi connectivity index (χ3v) is 3.81. The first-order valence-electron chi connectivity index (χ1n) is 5.87. The van der Waals surface area contributed by atoms with Crippen LogP contribution >= 0.6 is 11.8 Å². The first kappa shape index (κ1) is 11.7. The van der Waals surface area contributed by atoms with Crippen molar-refractivity contribution in [3.8, 4) is 0 Å². The van der Waals surface area contributed by atoms with E-state index in [9.17, 15) is 4.39 Å². The number of H-pyrrole nitrogens is 1. The third kappa shape index (κ3) is 2.70. The zero-order valence-corrected chi connectivity index (χ0v) is 10.5. The predicted molar refractivity (Wildman–Crippen MR) is 66.8 cm³/mol. The number of aromatic nitrogens is 3. The fourth-order valence-corrected chi connectivity index (χ4v) is 2.53. The fraction of sp³-hybridized carbons (Fsp3) is 0.333. The predicted octanol–water partition coefficient (Wildman–Crippen LogP) is 2.35. The molecule has 3 rings (SSSR count). The van der Waals surface area contributed by atoms with Gasteiger partial charge in [-0.25, -0.2) is 9.37 Å². The highest BCUT2D eigenvalue weighted by Crippen LogP contribution is 2.30. The summed E-state index contributed by atoms with van der Waals surface area (Å²) in [5.41, 5.74) is 0.700. The van der Waals surface area contributed by atoms with Gasteiger partial charge in [-0.1, -0.05) is 6.07 Å². The molecule has 0 saturated heterocycles. The van der Waals surface area contributed by atoms with Crippen LogP contribution in [0.1, 0.15) is 18.4 Å². The van der Waals surface area contributed by atoms with Gasteiger partial charge in [-0.15, -0.1) is 0 Å². The summed E-state index contributed by atoms with van der Waals surface area (Å²) in [5.74, 6) is -0.173. The molecule has 0 bridgehead atoms. The Morgan fingerprint density at radius 2 is 2.33 bits per heavy atom. The van der Waals surface area contributed by atoms with E-state index < -0.39 is 0 Å². The molecule has 1 aromatic carbocycles. The standard InChI is InChI=1S/C12H13FN4S/c13-10-2-1-3-11(18-12-15-7-16-17-12)9(10)6-14-8-4-5-8/h1-3,7-8,14H,4-6H2,(H,15,16,17). The molecule has 0 amide bonds. The van der Waals surface area contributed by atoms with E-state index in [1.807, 2.05) is 6.07 Å². The van der Waals surface area contributed by atoms with Gasteiger partial charge < -0.3 is 5.32 Å². The normalized spacial score (nSPS) is 14.9. The van der Waals surface area contributed by atoms with Gasteiger partial charge >= 0.3 is 0 Å². The van der Waals surface area contributed by atoms with Crippen LogP contribution in [0.3, 0.4) is 0 Å². The van der Waals surface area contributed by atoms with E-state index in [2.05, 4.69) is 20.5 Å². The van der Waals surface area contributed by atoms with Gasteiger partial charge in [0.15, 0.2) is 5.16 Å². The minimum Gasteiger partial charge on any atom is -0.310 e. The number of halogens is 1. The van der Waals surface area contributed by atoms with Crippen molar-refractivity contribution < 1.29 is 4.39 Å². The van der Waals surface area contributed by atoms with Crippen LogP contribution in [0.5, 0.6) is 0 Å². The SMILES string of the molecule is Fc1cccc(Sc2ncn[nH]2)c1CNC1CC1. The van der Waals surface area contributed by atoms with Crippen molar-refractivity contribution >= 4 is 11.8 Å². The molecule has 0 atom stereocenters. The van der Waals surface area contributed by atoms with E-state index in [1.54, 1.807) is 6.07 Å². The van der Waals surface area contributed by atoms with Crippen LogP contribution in [0.4, 0.5) is 4.39 Å². The minimum absolute atomic E-state index is 0.173. The first-order valence-corrected chi connectivity index (χ1v) is 6.68. The van der Waals surface area contributed by atoms with E-state index in [-0.39, 0.29) is 5.82 Å². The Morgan fingerprint density at radius 1 is 1.44 bits per heavy atom. The summed E-state index contributed by atoms with van der Waals surface area (Å²) >= 11 is 1.40. The number of hydrogen-bond acceptors (Lipinski definition) is 4. The maximum Gasteiger partial charge on any atom is 0.188 e. The number of rotatable bonds is 5. The molecule has 0 spiro atoms. The molecule has 4 nitrogen and oxygen atoms in total. The van der Waals surface area contributed by atoms with Crippen LogP contribution < -0.4 is 5.32 Å². The molecule has 2 N–H and O–H groups in total. The number of hydrogen-bond donors (Lipinski definition) is 2. The zero-order chi connectivity index (χ0) is 12.4. The number of benzene rings is 1. The molecule has 18 heavy (non-hydrogen) atoms. The van der Waals surface area contributed by atoms with Crippen LogP contribution in [0.15, 0.2) is 34.6 Å². The maximum atomic E-state index is 13.9. The van der Waals surface area contributed by atoms with Gasteiger partial charge in [0.1, 0.15) is 12.1 Å². The van der Waals surface area contributed by atoms with Crippen molar-refractivity contribution in [2.24, 2.45) is 0 Å². The van der Waals surface area contributed by atoms with E-state index in [4.69, 9.17) is 0 Å². The Morgan fingerprint density at radius 3 is 3.06 bits per heavy atom. The topological polar surface area (TPSA) is 53.6 Å². The van der Waals surface area contributed by atoms with Crippen molar-refractivity contribution in [2.45, 2.75) is 35.5 Å². The molecular weight excluding hydrogens is 251 g/mol. The van der Waals surface area contributed by atoms with E-state index in [0.717, 1.165) is 4.90 Å². The van der Waals surface area contributed by atoms with Crippen molar-refractivity contribution in [1.29, 1.82) is 0 Å². The Labute approximate surface area is 108 Å². The highest BCUT2D eigenvalue weighted by Gasteiger charge is 2.21. The Bertz CT molecular complexity index is 525. The number of nitrogens with zero attached hydrogens (tertiary/aromatic N) is 2. The first-order chi connectivity index (χ1) is 8.83. The average molecular weight is 264 g/mol. The number of nitrogens with one attached hydrogen (secondary N) is 2.